The van der Waals surface area contributed by atoms with Crippen LogP contribution in [0.5, 0.6) is 0 Å². The fourth-order valence-electron chi connectivity index (χ4n) is 1.81. The van der Waals surface area contributed by atoms with Crippen molar-refractivity contribution in [1.82, 2.24) is 0 Å². The molecule has 0 saturated carbocycles. The molecular formula is C11H20O2. The Morgan fingerprint density at radius 1 is 1.38 bits per heavy atom. The van der Waals surface area contributed by atoms with Gasteiger partial charge >= 0.3 is 0 Å². The first-order valence-corrected chi connectivity index (χ1v) is 5.07. The third-order valence-electron chi connectivity index (χ3n) is 2.26. The molecule has 0 aromatic carbocycles. The second-order valence-corrected chi connectivity index (χ2v) is 4.03. The molecule has 0 N–H and O–H groups in total. The summed E-state index contributed by atoms with van der Waals surface area (Å²) in [6.07, 6.45) is 4.81. The molecular weight excluding hydrogens is 164 g/mol. The molecule has 0 bridgehead atoms. The fourth-order valence-corrected chi connectivity index (χ4v) is 1.81. The van der Waals surface area contributed by atoms with Crippen molar-refractivity contribution in [3.8, 4) is 0 Å². The van der Waals surface area contributed by atoms with Gasteiger partial charge in [-0.25, -0.2) is 0 Å². The topological polar surface area (TPSA) is 18.5 Å². The highest BCUT2D eigenvalue weighted by atomic mass is 16.7. The first-order valence-electron chi connectivity index (χ1n) is 5.07. The molecule has 0 radical (unpaired) electrons. The molecule has 1 aliphatic heterocycles. The minimum atomic E-state index is -0.303. The summed E-state index contributed by atoms with van der Waals surface area (Å²) >= 11 is 0. The van der Waals surface area contributed by atoms with Crippen LogP contribution in [0.4, 0.5) is 0 Å². The molecule has 1 heterocycles. The average Bonchev–Trinajstić information content (AvgIpc) is 2.49. The quantitative estimate of drug-likeness (QED) is 0.612. The Morgan fingerprint density at radius 2 is 2.00 bits per heavy atom. The van der Waals surface area contributed by atoms with Gasteiger partial charge in [-0.2, -0.15) is 0 Å². The number of allylic oxidation sites excluding steroid dienone is 1. The second kappa shape index (κ2) is 4.77. The van der Waals surface area contributed by atoms with Crippen molar-refractivity contribution in [2.24, 2.45) is 5.92 Å². The van der Waals surface area contributed by atoms with Crippen molar-refractivity contribution < 1.29 is 9.47 Å². The third kappa shape index (κ3) is 3.12. The Kier molecular flexibility index (Phi) is 3.94. The number of ether oxygens (including phenoxy) is 2. The van der Waals surface area contributed by atoms with E-state index in [4.69, 9.17) is 9.47 Å². The maximum Gasteiger partial charge on any atom is 0.169 e. The normalized spacial score (nSPS) is 20.8. The lowest BCUT2D eigenvalue weighted by Gasteiger charge is -2.28. The summed E-state index contributed by atoms with van der Waals surface area (Å²) in [4.78, 5) is 0. The van der Waals surface area contributed by atoms with Crippen LogP contribution >= 0.6 is 0 Å². The van der Waals surface area contributed by atoms with E-state index >= 15 is 0 Å². The zero-order valence-electron chi connectivity index (χ0n) is 8.71. The summed E-state index contributed by atoms with van der Waals surface area (Å²) in [5.41, 5.74) is 0. The Hall–Kier alpha value is -0.340. The van der Waals surface area contributed by atoms with E-state index in [9.17, 15) is 0 Å². The summed E-state index contributed by atoms with van der Waals surface area (Å²) in [6, 6.07) is 0. The number of hydrogen-bond acceptors (Lipinski definition) is 2. The van der Waals surface area contributed by atoms with Crippen LogP contribution in [0.2, 0.25) is 0 Å². The van der Waals surface area contributed by atoms with Crippen molar-refractivity contribution in [1.29, 1.82) is 0 Å². The molecule has 13 heavy (non-hydrogen) atoms. The lowest BCUT2D eigenvalue weighted by Crippen LogP contribution is -2.31. The number of rotatable bonds is 5. The molecule has 76 valence electrons. The van der Waals surface area contributed by atoms with Gasteiger partial charge in [0.15, 0.2) is 5.79 Å². The summed E-state index contributed by atoms with van der Waals surface area (Å²) in [7, 11) is 0. The first-order chi connectivity index (χ1) is 6.18. The fraction of sp³-hybridized carbons (Fsp3) is 0.818. The average molecular weight is 184 g/mol. The number of hydrogen-bond donors (Lipinski definition) is 0. The Morgan fingerprint density at radius 3 is 2.46 bits per heavy atom. The van der Waals surface area contributed by atoms with Gasteiger partial charge in [0.25, 0.3) is 0 Å². The van der Waals surface area contributed by atoms with Crippen molar-refractivity contribution in [3.63, 3.8) is 0 Å². The van der Waals surface area contributed by atoms with E-state index in [1.807, 2.05) is 6.08 Å². The van der Waals surface area contributed by atoms with Crippen molar-refractivity contribution in [2.75, 3.05) is 13.2 Å². The Bertz CT molecular complexity index is 157. The van der Waals surface area contributed by atoms with Crippen molar-refractivity contribution in [3.05, 3.63) is 12.7 Å². The third-order valence-corrected chi connectivity index (χ3v) is 2.26. The van der Waals surface area contributed by atoms with Crippen LogP contribution in [0.15, 0.2) is 12.7 Å². The molecule has 1 aliphatic rings. The lowest BCUT2D eigenvalue weighted by atomic mass is 9.98. The maximum absolute atomic E-state index is 5.68. The van der Waals surface area contributed by atoms with Gasteiger partial charge < -0.3 is 9.47 Å². The van der Waals surface area contributed by atoms with Gasteiger partial charge in [-0.3, -0.25) is 0 Å². The van der Waals surface area contributed by atoms with Crippen molar-refractivity contribution in [2.45, 2.75) is 38.9 Å². The van der Waals surface area contributed by atoms with E-state index in [2.05, 4.69) is 20.4 Å². The summed E-state index contributed by atoms with van der Waals surface area (Å²) in [6.45, 7) is 9.59. The first kappa shape index (κ1) is 10.7. The van der Waals surface area contributed by atoms with Crippen LogP contribution in [0, 0.1) is 5.92 Å². The molecule has 0 aromatic heterocycles. The van der Waals surface area contributed by atoms with E-state index in [-0.39, 0.29) is 5.79 Å². The maximum atomic E-state index is 5.68. The van der Waals surface area contributed by atoms with Crippen LogP contribution in [0.25, 0.3) is 0 Å². The van der Waals surface area contributed by atoms with E-state index in [0.29, 0.717) is 5.92 Å². The Labute approximate surface area is 80.9 Å². The summed E-state index contributed by atoms with van der Waals surface area (Å²) in [5.74, 6) is 0.311. The molecule has 0 spiro atoms. The smallest absolute Gasteiger partial charge is 0.169 e. The highest BCUT2D eigenvalue weighted by Crippen LogP contribution is 2.31. The van der Waals surface area contributed by atoms with Crippen LogP contribution in [-0.4, -0.2) is 19.0 Å². The molecule has 0 aliphatic carbocycles. The molecule has 1 saturated heterocycles. The van der Waals surface area contributed by atoms with Gasteiger partial charge in [0.05, 0.1) is 13.2 Å². The van der Waals surface area contributed by atoms with Crippen LogP contribution in [0.1, 0.15) is 33.1 Å². The minimum Gasteiger partial charge on any atom is -0.348 e. The monoisotopic (exact) mass is 184 g/mol. The van der Waals surface area contributed by atoms with Gasteiger partial charge in [-0.1, -0.05) is 19.9 Å². The van der Waals surface area contributed by atoms with Crippen LogP contribution < -0.4 is 0 Å². The molecule has 0 atom stereocenters. The zero-order valence-corrected chi connectivity index (χ0v) is 8.71. The van der Waals surface area contributed by atoms with Gasteiger partial charge in [0.1, 0.15) is 0 Å². The molecule has 0 unspecified atom stereocenters. The molecule has 0 aromatic rings. The predicted octanol–water partition coefficient (Wildman–Crippen LogP) is 2.74. The Balaban J connectivity index is 2.47. The molecule has 2 heteroatoms. The SMILES string of the molecule is C=CCCC1(CC(C)C)OCCO1. The molecule has 1 rings (SSSR count). The van der Waals surface area contributed by atoms with Crippen LogP contribution in [-0.2, 0) is 9.47 Å². The summed E-state index contributed by atoms with van der Waals surface area (Å²) < 4.78 is 11.4. The zero-order chi connectivity index (χ0) is 9.73. The standard InChI is InChI=1S/C11H20O2/c1-4-5-6-11(9-10(2)3)12-7-8-13-11/h4,10H,1,5-9H2,2-3H3. The van der Waals surface area contributed by atoms with E-state index in [1.54, 1.807) is 0 Å². The predicted molar refractivity (Wildman–Crippen MR) is 53.5 cm³/mol. The molecule has 1 fully saturated rings. The summed E-state index contributed by atoms with van der Waals surface area (Å²) in [5, 5.41) is 0. The second-order valence-electron chi connectivity index (χ2n) is 4.03. The van der Waals surface area contributed by atoms with Gasteiger partial charge in [-0.15, -0.1) is 6.58 Å². The minimum absolute atomic E-state index is 0.303. The van der Waals surface area contributed by atoms with E-state index in [1.165, 1.54) is 0 Å². The van der Waals surface area contributed by atoms with E-state index < -0.39 is 0 Å². The van der Waals surface area contributed by atoms with Gasteiger partial charge in [-0.05, 0) is 12.3 Å². The highest BCUT2D eigenvalue weighted by molar-refractivity contribution is 4.80. The molecule has 0 amide bonds. The van der Waals surface area contributed by atoms with Gasteiger partial charge in [0.2, 0.25) is 0 Å². The lowest BCUT2D eigenvalue weighted by molar-refractivity contribution is -0.172. The highest BCUT2D eigenvalue weighted by Gasteiger charge is 2.35. The van der Waals surface area contributed by atoms with Gasteiger partial charge in [0, 0.05) is 12.8 Å². The molecule has 2 nitrogen and oxygen atoms in total. The van der Waals surface area contributed by atoms with E-state index in [0.717, 1.165) is 32.5 Å². The van der Waals surface area contributed by atoms with Crippen LogP contribution in [0.3, 0.4) is 0 Å². The largest absolute Gasteiger partial charge is 0.348 e. The van der Waals surface area contributed by atoms with Crippen molar-refractivity contribution >= 4 is 0 Å².